The number of ether oxygens (including phenoxy) is 1. The van der Waals surface area contributed by atoms with Gasteiger partial charge in [-0.3, -0.25) is 4.79 Å². The van der Waals surface area contributed by atoms with E-state index in [4.69, 9.17) is 4.74 Å². The average molecular weight is 204 g/mol. The van der Waals surface area contributed by atoms with E-state index in [1.54, 1.807) is 0 Å². The van der Waals surface area contributed by atoms with E-state index in [1.165, 1.54) is 7.11 Å². The van der Waals surface area contributed by atoms with E-state index < -0.39 is 0 Å². The van der Waals surface area contributed by atoms with Crippen molar-refractivity contribution in [2.45, 2.75) is 31.1 Å². The molecule has 0 spiro atoms. The highest BCUT2D eigenvalue weighted by Crippen LogP contribution is 2.41. The van der Waals surface area contributed by atoms with Crippen molar-refractivity contribution in [3.63, 3.8) is 0 Å². The molecule has 0 aliphatic heterocycles. The highest BCUT2D eigenvalue weighted by molar-refractivity contribution is 5.83. The molecule has 1 aliphatic carbocycles. The molecule has 2 heteroatoms. The quantitative estimate of drug-likeness (QED) is 0.692. The molecular formula is C13H16O2. The molecule has 1 aromatic rings. The summed E-state index contributed by atoms with van der Waals surface area (Å²) in [5, 5.41) is 0. The number of benzene rings is 1. The Hall–Kier alpha value is -1.31. The predicted molar refractivity (Wildman–Crippen MR) is 58.6 cm³/mol. The van der Waals surface area contributed by atoms with Gasteiger partial charge in [-0.05, 0) is 18.4 Å². The van der Waals surface area contributed by atoms with E-state index >= 15 is 0 Å². The van der Waals surface area contributed by atoms with Gasteiger partial charge >= 0.3 is 5.97 Å². The standard InChI is InChI=1S/C13H16O2/c1-15-12(14)13(9-5-6-10-13)11-7-3-2-4-8-11/h2-4,7-8H,5-6,9-10H2,1H3. The maximum Gasteiger partial charge on any atom is 0.316 e. The van der Waals surface area contributed by atoms with Gasteiger partial charge < -0.3 is 4.74 Å². The first-order valence-corrected chi connectivity index (χ1v) is 5.43. The summed E-state index contributed by atoms with van der Waals surface area (Å²) in [7, 11) is 1.48. The highest BCUT2D eigenvalue weighted by Gasteiger charge is 2.43. The van der Waals surface area contributed by atoms with Crippen molar-refractivity contribution in [3.8, 4) is 0 Å². The number of hydrogen-bond acceptors (Lipinski definition) is 2. The first-order valence-electron chi connectivity index (χ1n) is 5.43. The first-order chi connectivity index (χ1) is 7.29. The summed E-state index contributed by atoms with van der Waals surface area (Å²) in [5.74, 6) is -0.0776. The zero-order valence-corrected chi connectivity index (χ0v) is 9.03. The van der Waals surface area contributed by atoms with Crippen molar-refractivity contribution < 1.29 is 9.53 Å². The normalized spacial score (nSPS) is 18.7. The molecule has 0 saturated heterocycles. The van der Waals surface area contributed by atoms with Crippen molar-refractivity contribution in [3.05, 3.63) is 35.9 Å². The molecule has 1 saturated carbocycles. The smallest absolute Gasteiger partial charge is 0.316 e. The van der Waals surface area contributed by atoms with Crippen LogP contribution in [-0.2, 0) is 14.9 Å². The molecule has 0 N–H and O–H groups in total. The van der Waals surface area contributed by atoms with E-state index in [9.17, 15) is 4.79 Å². The van der Waals surface area contributed by atoms with Crippen LogP contribution in [0.15, 0.2) is 30.3 Å². The van der Waals surface area contributed by atoms with Crippen LogP contribution in [0.25, 0.3) is 0 Å². The third kappa shape index (κ3) is 1.65. The van der Waals surface area contributed by atoms with Gasteiger partial charge in [0.15, 0.2) is 0 Å². The van der Waals surface area contributed by atoms with E-state index in [1.807, 2.05) is 30.3 Å². The van der Waals surface area contributed by atoms with Gasteiger partial charge in [0.05, 0.1) is 12.5 Å². The van der Waals surface area contributed by atoms with Crippen molar-refractivity contribution in [2.24, 2.45) is 0 Å². The van der Waals surface area contributed by atoms with Crippen molar-refractivity contribution in [2.75, 3.05) is 7.11 Å². The number of methoxy groups -OCH3 is 1. The molecular weight excluding hydrogens is 188 g/mol. The van der Waals surface area contributed by atoms with Crippen LogP contribution >= 0.6 is 0 Å². The Bertz CT molecular complexity index is 337. The SMILES string of the molecule is COC(=O)C1(c2ccccc2)CCCC1. The Morgan fingerprint density at radius 1 is 1.20 bits per heavy atom. The van der Waals surface area contributed by atoms with Gasteiger partial charge in [-0.15, -0.1) is 0 Å². The Morgan fingerprint density at radius 2 is 1.80 bits per heavy atom. The summed E-state index contributed by atoms with van der Waals surface area (Å²) >= 11 is 0. The van der Waals surface area contributed by atoms with Crippen LogP contribution in [0.5, 0.6) is 0 Å². The molecule has 1 aliphatic rings. The zero-order chi connectivity index (χ0) is 10.7. The summed E-state index contributed by atoms with van der Waals surface area (Å²) in [4.78, 5) is 11.9. The lowest BCUT2D eigenvalue weighted by atomic mass is 9.79. The number of esters is 1. The summed E-state index contributed by atoms with van der Waals surface area (Å²) in [6.45, 7) is 0. The molecule has 0 aromatic heterocycles. The van der Waals surface area contributed by atoms with Crippen molar-refractivity contribution in [1.29, 1.82) is 0 Å². The fraction of sp³-hybridized carbons (Fsp3) is 0.462. The van der Waals surface area contributed by atoms with Crippen LogP contribution in [-0.4, -0.2) is 13.1 Å². The lowest BCUT2D eigenvalue weighted by molar-refractivity contribution is -0.147. The Kier molecular flexibility index (Phi) is 2.76. The number of hydrogen-bond donors (Lipinski definition) is 0. The molecule has 0 amide bonds. The molecule has 0 unspecified atom stereocenters. The lowest BCUT2D eigenvalue weighted by Crippen LogP contribution is -2.33. The van der Waals surface area contributed by atoms with Gasteiger partial charge in [0.2, 0.25) is 0 Å². The second-order valence-corrected chi connectivity index (χ2v) is 4.15. The average Bonchev–Trinajstić information content (AvgIpc) is 2.79. The Morgan fingerprint density at radius 3 is 2.33 bits per heavy atom. The topological polar surface area (TPSA) is 26.3 Å². The second-order valence-electron chi connectivity index (χ2n) is 4.15. The lowest BCUT2D eigenvalue weighted by Gasteiger charge is -2.26. The van der Waals surface area contributed by atoms with Crippen LogP contribution in [0.1, 0.15) is 31.2 Å². The Labute approximate surface area is 90.3 Å². The van der Waals surface area contributed by atoms with Crippen molar-refractivity contribution >= 4 is 5.97 Å². The largest absolute Gasteiger partial charge is 0.468 e. The highest BCUT2D eigenvalue weighted by atomic mass is 16.5. The molecule has 0 radical (unpaired) electrons. The first kappa shape index (κ1) is 10.2. The fourth-order valence-corrected chi connectivity index (χ4v) is 2.54. The van der Waals surface area contributed by atoms with Crippen LogP contribution in [0, 0.1) is 0 Å². The minimum atomic E-state index is -0.365. The predicted octanol–water partition coefficient (Wildman–Crippen LogP) is 2.67. The maximum absolute atomic E-state index is 11.9. The summed E-state index contributed by atoms with van der Waals surface area (Å²) in [6, 6.07) is 10.0. The summed E-state index contributed by atoms with van der Waals surface area (Å²) in [5.41, 5.74) is 0.741. The van der Waals surface area contributed by atoms with Crippen LogP contribution in [0.3, 0.4) is 0 Å². The zero-order valence-electron chi connectivity index (χ0n) is 9.03. The monoisotopic (exact) mass is 204 g/mol. The van der Waals surface area contributed by atoms with Gasteiger partial charge in [-0.1, -0.05) is 43.2 Å². The Balaban J connectivity index is 2.39. The van der Waals surface area contributed by atoms with E-state index in [-0.39, 0.29) is 11.4 Å². The van der Waals surface area contributed by atoms with E-state index in [2.05, 4.69) is 0 Å². The summed E-state index contributed by atoms with van der Waals surface area (Å²) in [6.07, 6.45) is 4.07. The summed E-state index contributed by atoms with van der Waals surface area (Å²) < 4.78 is 4.95. The molecule has 2 rings (SSSR count). The second kappa shape index (κ2) is 4.05. The fourth-order valence-electron chi connectivity index (χ4n) is 2.54. The van der Waals surface area contributed by atoms with Crippen LogP contribution < -0.4 is 0 Å². The molecule has 0 atom stereocenters. The van der Waals surface area contributed by atoms with Gasteiger partial charge in [0.25, 0.3) is 0 Å². The van der Waals surface area contributed by atoms with Gasteiger partial charge in [-0.2, -0.15) is 0 Å². The van der Waals surface area contributed by atoms with Crippen LogP contribution in [0.4, 0.5) is 0 Å². The number of carbonyl (C=O) groups excluding carboxylic acids is 1. The molecule has 1 aromatic carbocycles. The van der Waals surface area contributed by atoms with E-state index in [0.717, 1.165) is 31.2 Å². The van der Waals surface area contributed by atoms with Gasteiger partial charge in [-0.25, -0.2) is 0 Å². The minimum absolute atomic E-state index is 0.0776. The molecule has 0 bridgehead atoms. The molecule has 15 heavy (non-hydrogen) atoms. The van der Waals surface area contributed by atoms with E-state index in [0.29, 0.717) is 0 Å². The molecule has 2 nitrogen and oxygen atoms in total. The van der Waals surface area contributed by atoms with Gasteiger partial charge in [0.1, 0.15) is 0 Å². The molecule has 0 heterocycles. The van der Waals surface area contributed by atoms with Crippen molar-refractivity contribution in [1.82, 2.24) is 0 Å². The molecule has 1 fully saturated rings. The third-order valence-electron chi connectivity index (χ3n) is 3.36. The van der Waals surface area contributed by atoms with Crippen LogP contribution in [0.2, 0.25) is 0 Å². The number of rotatable bonds is 2. The maximum atomic E-state index is 11.9. The molecule has 80 valence electrons. The third-order valence-corrected chi connectivity index (χ3v) is 3.36. The minimum Gasteiger partial charge on any atom is -0.468 e. The number of carbonyl (C=O) groups is 1. The van der Waals surface area contributed by atoms with Gasteiger partial charge in [0, 0.05) is 0 Å².